The van der Waals surface area contributed by atoms with Gasteiger partial charge in [-0.15, -0.1) is 0 Å². The van der Waals surface area contributed by atoms with Gasteiger partial charge in [0, 0.05) is 18.1 Å². The lowest BCUT2D eigenvalue weighted by Crippen LogP contribution is -2.46. The molecule has 1 N–H and O–H groups in total. The third-order valence-electron chi connectivity index (χ3n) is 5.27. The number of urea groups is 1. The Morgan fingerprint density at radius 3 is 2.13 bits per heavy atom. The van der Waals surface area contributed by atoms with E-state index in [1.54, 1.807) is 30.3 Å². The zero-order valence-corrected chi connectivity index (χ0v) is 16.0. The predicted molar refractivity (Wildman–Crippen MR) is 110 cm³/mol. The quantitative estimate of drug-likeness (QED) is 0.386. The molecule has 0 aliphatic carbocycles. The number of nitro benzene ring substituents is 1. The molecule has 0 unspecified atom stereocenters. The Hall–Kier alpha value is -4.00. The topological polar surface area (TPSA) is 92.6 Å². The summed E-state index contributed by atoms with van der Waals surface area (Å²) in [5.74, 6) is -0.430. The van der Waals surface area contributed by atoms with Crippen molar-refractivity contribution in [3.05, 3.63) is 112 Å². The number of rotatable bonds is 6. The number of carbonyl (C=O) groups excluding carboxylic acids is 2. The van der Waals surface area contributed by atoms with Crippen molar-refractivity contribution in [2.24, 2.45) is 0 Å². The SMILES string of the molecule is O=C1N[C@@](Cc2ccccc2)(c2ccccc2)C(=O)N1Cc1ccccc1[N+](=O)[O-]. The van der Waals surface area contributed by atoms with Crippen molar-refractivity contribution in [3.8, 4) is 0 Å². The van der Waals surface area contributed by atoms with Gasteiger partial charge in [0.05, 0.1) is 11.5 Å². The number of carbonyl (C=O) groups is 2. The summed E-state index contributed by atoms with van der Waals surface area (Å²) in [4.78, 5) is 38.4. The molecule has 7 nitrogen and oxygen atoms in total. The number of imide groups is 1. The Morgan fingerprint density at radius 1 is 0.867 bits per heavy atom. The van der Waals surface area contributed by atoms with E-state index in [0.29, 0.717) is 11.1 Å². The molecule has 1 saturated heterocycles. The van der Waals surface area contributed by atoms with Crippen LogP contribution >= 0.6 is 0 Å². The number of para-hydroxylation sites is 1. The second-order valence-electron chi connectivity index (χ2n) is 7.14. The van der Waals surface area contributed by atoms with Gasteiger partial charge < -0.3 is 5.32 Å². The molecule has 3 aromatic rings. The molecule has 1 aliphatic rings. The van der Waals surface area contributed by atoms with E-state index in [1.165, 1.54) is 6.07 Å². The van der Waals surface area contributed by atoms with Crippen LogP contribution in [-0.2, 0) is 23.3 Å². The fraction of sp³-hybridized carbons (Fsp3) is 0.130. The van der Waals surface area contributed by atoms with Gasteiger partial charge in [-0.25, -0.2) is 4.79 Å². The maximum Gasteiger partial charge on any atom is 0.325 e. The van der Waals surface area contributed by atoms with Gasteiger partial charge >= 0.3 is 6.03 Å². The summed E-state index contributed by atoms with van der Waals surface area (Å²) in [6.07, 6.45) is 0.274. The molecule has 1 aliphatic heterocycles. The predicted octanol–water partition coefficient (Wildman–Crippen LogP) is 3.78. The van der Waals surface area contributed by atoms with Crippen molar-refractivity contribution in [2.75, 3.05) is 0 Å². The Labute approximate surface area is 173 Å². The maximum atomic E-state index is 13.6. The van der Waals surface area contributed by atoms with E-state index < -0.39 is 22.4 Å². The lowest BCUT2D eigenvalue weighted by Gasteiger charge is -2.27. The zero-order chi connectivity index (χ0) is 21.1. The largest absolute Gasteiger partial charge is 0.325 e. The highest BCUT2D eigenvalue weighted by Crippen LogP contribution is 2.34. The van der Waals surface area contributed by atoms with Crippen LogP contribution in [0.4, 0.5) is 10.5 Å². The van der Waals surface area contributed by atoms with Crippen LogP contribution in [0.1, 0.15) is 16.7 Å². The second kappa shape index (κ2) is 7.79. The Kier molecular flexibility index (Phi) is 5.02. The smallest absolute Gasteiger partial charge is 0.319 e. The first-order chi connectivity index (χ1) is 14.5. The van der Waals surface area contributed by atoms with Crippen LogP contribution in [0, 0.1) is 10.1 Å². The van der Waals surface area contributed by atoms with Crippen molar-refractivity contribution in [1.82, 2.24) is 10.2 Å². The summed E-state index contributed by atoms with van der Waals surface area (Å²) in [6, 6.07) is 24.0. The van der Waals surface area contributed by atoms with Crippen molar-refractivity contribution < 1.29 is 14.5 Å². The maximum absolute atomic E-state index is 13.6. The molecule has 0 bridgehead atoms. The Bertz CT molecular complexity index is 1100. The fourth-order valence-electron chi connectivity index (χ4n) is 3.80. The average molecular weight is 401 g/mol. The van der Waals surface area contributed by atoms with Crippen molar-refractivity contribution >= 4 is 17.6 Å². The molecule has 3 amide bonds. The van der Waals surface area contributed by atoms with E-state index in [2.05, 4.69) is 5.32 Å². The first kappa shape index (κ1) is 19.3. The number of benzene rings is 3. The minimum Gasteiger partial charge on any atom is -0.319 e. The summed E-state index contributed by atoms with van der Waals surface area (Å²) >= 11 is 0. The molecule has 1 atom stereocenters. The van der Waals surface area contributed by atoms with Crippen LogP contribution in [0.5, 0.6) is 0 Å². The van der Waals surface area contributed by atoms with Gasteiger partial charge in [-0.3, -0.25) is 19.8 Å². The summed E-state index contributed by atoms with van der Waals surface area (Å²) in [5.41, 5.74) is 0.455. The van der Waals surface area contributed by atoms with E-state index in [-0.39, 0.29) is 18.7 Å². The van der Waals surface area contributed by atoms with Gasteiger partial charge in [-0.05, 0) is 11.1 Å². The number of nitrogens with zero attached hydrogens (tertiary/aromatic N) is 2. The molecule has 1 heterocycles. The summed E-state index contributed by atoms with van der Waals surface area (Å²) in [6.45, 7) is -0.175. The van der Waals surface area contributed by atoms with Gasteiger partial charge in [-0.2, -0.15) is 0 Å². The van der Waals surface area contributed by atoms with Crippen LogP contribution in [-0.4, -0.2) is 21.8 Å². The van der Waals surface area contributed by atoms with Crippen LogP contribution < -0.4 is 5.32 Å². The lowest BCUT2D eigenvalue weighted by molar-refractivity contribution is -0.385. The molecule has 0 saturated carbocycles. The average Bonchev–Trinajstić information content (AvgIpc) is 3.00. The monoisotopic (exact) mass is 401 g/mol. The lowest BCUT2D eigenvalue weighted by atomic mass is 9.83. The van der Waals surface area contributed by atoms with E-state index in [0.717, 1.165) is 10.5 Å². The molecular formula is C23H19N3O4. The zero-order valence-electron chi connectivity index (χ0n) is 16.0. The number of nitro groups is 1. The van der Waals surface area contributed by atoms with Gasteiger partial charge in [0.2, 0.25) is 0 Å². The molecule has 150 valence electrons. The highest BCUT2D eigenvalue weighted by atomic mass is 16.6. The number of hydrogen-bond acceptors (Lipinski definition) is 4. The minimum atomic E-state index is -1.27. The third kappa shape index (κ3) is 3.41. The van der Waals surface area contributed by atoms with E-state index in [1.807, 2.05) is 48.5 Å². The van der Waals surface area contributed by atoms with E-state index >= 15 is 0 Å². The highest BCUT2D eigenvalue weighted by Gasteiger charge is 2.52. The molecule has 0 radical (unpaired) electrons. The molecule has 3 aromatic carbocycles. The van der Waals surface area contributed by atoms with E-state index in [9.17, 15) is 19.7 Å². The molecule has 4 rings (SSSR count). The number of amides is 3. The van der Waals surface area contributed by atoms with Crippen molar-refractivity contribution in [1.29, 1.82) is 0 Å². The van der Waals surface area contributed by atoms with Gasteiger partial charge in [0.1, 0.15) is 0 Å². The van der Waals surface area contributed by atoms with Crippen molar-refractivity contribution in [3.63, 3.8) is 0 Å². The van der Waals surface area contributed by atoms with Crippen LogP contribution in [0.25, 0.3) is 0 Å². The molecule has 30 heavy (non-hydrogen) atoms. The van der Waals surface area contributed by atoms with E-state index in [4.69, 9.17) is 0 Å². The molecular weight excluding hydrogens is 382 g/mol. The Balaban J connectivity index is 1.74. The first-order valence-electron chi connectivity index (χ1n) is 9.47. The summed E-state index contributed by atoms with van der Waals surface area (Å²) in [7, 11) is 0. The van der Waals surface area contributed by atoms with Crippen molar-refractivity contribution in [2.45, 2.75) is 18.5 Å². The normalized spacial score (nSPS) is 18.3. The first-order valence-corrected chi connectivity index (χ1v) is 9.47. The molecule has 0 aromatic heterocycles. The Morgan fingerprint density at radius 2 is 1.47 bits per heavy atom. The van der Waals surface area contributed by atoms with Crippen LogP contribution in [0.2, 0.25) is 0 Å². The minimum absolute atomic E-state index is 0.127. The summed E-state index contributed by atoms with van der Waals surface area (Å²) < 4.78 is 0. The van der Waals surface area contributed by atoms with Crippen LogP contribution in [0.15, 0.2) is 84.9 Å². The van der Waals surface area contributed by atoms with Gasteiger partial charge in [0.15, 0.2) is 5.54 Å². The number of hydrogen-bond donors (Lipinski definition) is 1. The van der Waals surface area contributed by atoms with Gasteiger partial charge in [0.25, 0.3) is 11.6 Å². The standard InChI is InChI=1S/C23H19N3O4/c27-21-23(19-12-5-2-6-13-19,15-17-9-3-1-4-10-17)24-22(28)25(21)16-18-11-7-8-14-20(18)26(29)30/h1-14H,15-16H2,(H,24,28)/t23-/m0/s1. The highest BCUT2D eigenvalue weighted by molar-refractivity contribution is 6.07. The fourth-order valence-corrected chi connectivity index (χ4v) is 3.80. The third-order valence-corrected chi connectivity index (χ3v) is 5.27. The molecule has 0 spiro atoms. The number of nitrogens with one attached hydrogen (secondary N) is 1. The molecule has 7 heteroatoms. The van der Waals surface area contributed by atoms with Crippen LogP contribution in [0.3, 0.4) is 0 Å². The second-order valence-corrected chi connectivity index (χ2v) is 7.14. The van der Waals surface area contributed by atoms with Gasteiger partial charge in [-0.1, -0.05) is 78.9 Å². The summed E-state index contributed by atoms with van der Waals surface area (Å²) in [5, 5.41) is 14.2. The molecule has 1 fully saturated rings.